The number of anilines is 2. The largest absolute Gasteiger partial charge is 0.368 e. The van der Waals surface area contributed by atoms with Crippen LogP contribution >= 0.6 is 23.6 Å². The quantitative estimate of drug-likeness (QED) is 0.671. The van der Waals surface area contributed by atoms with Crippen LogP contribution in [0.4, 0.5) is 10.7 Å². The SMILES string of the molecule is CC(=O)c1ccc(N2CCCN(c3cc[nH]c(=S)c3C#N)CC2)s1. The van der Waals surface area contributed by atoms with E-state index in [2.05, 4.69) is 20.9 Å². The molecule has 0 bridgehead atoms. The summed E-state index contributed by atoms with van der Waals surface area (Å²) in [5.74, 6) is 0.111. The van der Waals surface area contributed by atoms with Gasteiger partial charge in [-0.05, 0) is 31.5 Å². The third-order valence-electron chi connectivity index (χ3n) is 4.14. The van der Waals surface area contributed by atoms with E-state index in [0.29, 0.717) is 10.2 Å². The number of H-pyrrole nitrogens is 1. The highest BCUT2D eigenvalue weighted by Gasteiger charge is 2.19. The highest BCUT2D eigenvalue weighted by molar-refractivity contribution is 7.71. The Morgan fingerprint density at radius 1 is 1.25 bits per heavy atom. The van der Waals surface area contributed by atoms with Crippen LogP contribution in [-0.4, -0.2) is 36.9 Å². The van der Waals surface area contributed by atoms with E-state index in [0.717, 1.165) is 48.2 Å². The molecule has 0 unspecified atom stereocenters. The summed E-state index contributed by atoms with van der Waals surface area (Å²) in [6.45, 7) is 5.10. The van der Waals surface area contributed by atoms with Gasteiger partial charge in [0, 0.05) is 32.4 Å². The van der Waals surface area contributed by atoms with E-state index in [-0.39, 0.29) is 5.78 Å². The Morgan fingerprint density at radius 3 is 2.71 bits per heavy atom. The van der Waals surface area contributed by atoms with E-state index in [4.69, 9.17) is 12.2 Å². The van der Waals surface area contributed by atoms with E-state index in [1.165, 1.54) is 0 Å². The number of aromatic amines is 1. The zero-order valence-electron chi connectivity index (χ0n) is 13.4. The molecule has 2 aromatic rings. The molecule has 24 heavy (non-hydrogen) atoms. The van der Waals surface area contributed by atoms with Crippen molar-refractivity contribution in [1.82, 2.24) is 4.98 Å². The van der Waals surface area contributed by atoms with Gasteiger partial charge in [-0.15, -0.1) is 11.3 Å². The molecule has 5 nitrogen and oxygen atoms in total. The summed E-state index contributed by atoms with van der Waals surface area (Å²) in [4.78, 5) is 19.7. The van der Waals surface area contributed by atoms with Crippen LogP contribution in [0.15, 0.2) is 24.4 Å². The zero-order chi connectivity index (χ0) is 17.1. The second kappa shape index (κ2) is 7.16. The maximum absolute atomic E-state index is 11.5. The van der Waals surface area contributed by atoms with Crippen molar-refractivity contribution in [3.63, 3.8) is 0 Å². The normalized spacial score (nSPS) is 15.0. The molecule has 0 aliphatic carbocycles. The monoisotopic (exact) mass is 358 g/mol. The van der Waals surface area contributed by atoms with Crippen molar-refractivity contribution >= 4 is 40.0 Å². The summed E-state index contributed by atoms with van der Waals surface area (Å²) in [5, 5.41) is 10.5. The van der Waals surface area contributed by atoms with Gasteiger partial charge in [0.25, 0.3) is 0 Å². The number of thiophene rings is 1. The molecule has 1 aliphatic rings. The standard InChI is InChI=1S/C17H18N4OS2/c1-12(22)15-3-4-16(24-15)21-8-2-7-20(9-10-21)14-5-6-19-17(23)13(14)11-18/h3-6H,2,7-10H2,1H3,(H,19,23). The van der Waals surface area contributed by atoms with Crippen LogP contribution in [0, 0.1) is 16.0 Å². The van der Waals surface area contributed by atoms with Crippen LogP contribution in [0.5, 0.6) is 0 Å². The van der Waals surface area contributed by atoms with Gasteiger partial charge >= 0.3 is 0 Å². The fraction of sp³-hybridized carbons (Fsp3) is 0.353. The number of nitriles is 1. The van der Waals surface area contributed by atoms with Crippen LogP contribution in [0.2, 0.25) is 0 Å². The first-order valence-electron chi connectivity index (χ1n) is 7.82. The third-order valence-corrected chi connectivity index (χ3v) is 5.71. The number of nitrogens with zero attached hydrogens (tertiary/aromatic N) is 3. The van der Waals surface area contributed by atoms with Gasteiger partial charge in [-0.3, -0.25) is 4.79 Å². The summed E-state index contributed by atoms with van der Waals surface area (Å²) >= 11 is 6.77. The number of pyridine rings is 1. The first-order valence-corrected chi connectivity index (χ1v) is 9.05. The van der Waals surface area contributed by atoms with Crippen molar-refractivity contribution in [3.8, 4) is 6.07 Å². The molecule has 0 saturated carbocycles. The maximum Gasteiger partial charge on any atom is 0.169 e. The minimum absolute atomic E-state index is 0.111. The number of carbonyl (C=O) groups is 1. The second-order valence-electron chi connectivity index (χ2n) is 5.70. The molecule has 0 aromatic carbocycles. The smallest absolute Gasteiger partial charge is 0.169 e. The van der Waals surface area contributed by atoms with Crippen LogP contribution in [0.25, 0.3) is 0 Å². The Labute approximate surface area is 150 Å². The summed E-state index contributed by atoms with van der Waals surface area (Å²) < 4.78 is 0.487. The number of Topliss-reactive ketones (excluding diaryl/α,β-unsaturated/α-hetero) is 1. The summed E-state index contributed by atoms with van der Waals surface area (Å²) in [6.07, 6.45) is 2.78. The van der Waals surface area contributed by atoms with Gasteiger partial charge in [0.2, 0.25) is 0 Å². The Balaban J connectivity index is 1.78. The summed E-state index contributed by atoms with van der Waals surface area (Å²) in [5.41, 5.74) is 1.44. The van der Waals surface area contributed by atoms with E-state index in [9.17, 15) is 10.1 Å². The molecule has 124 valence electrons. The predicted octanol–water partition coefficient (Wildman–Crippen LogP) is 3.60. The number of nitrogens with one attached hydrogen (secondary N) is 1. The van der Waals surface area contributed by atoms with E-state index < -0.39 is 0 Å². The molecule has 0 amide bonds. The third kappa shape index (κ3) is 3.35. The number of aromatic nitrogens is 1. The van der Waals surface area contributed by atoms with Crippen LogP contribution in [-0.2, 0) is 0 Å². The molecule has 1 saturated heterocycles. The van der Waals surface area contributed by atoms with Gasteiger partial charge in [0.05, 0.1) is 15.6 Å². The molecule has 1 fully saturated rings. The van der Waals surface area contributed by atoms with Gasteiger partial charge in [0.15, 0.2) is 5.78 Å². The van der Waals surface area contributed by atoms with Crippen LogP contribution in [0.3, 0.4) is 0 Å². The van der Waals surface area contributed by atoms with Crippen molar-refractivity contribution in [2.24, 2.45) is 0 Å². The molecule has 0 radical (unpaired) electrons. The Morgan fingerprint density at radius 2 is 2.00 bits per heavy atom. The minimum atomic E-state index is 0.111. The molecule has 0 spiro atoms. The molecule has 1 aliphatic heterocycles. The molecule has 3 heterocycles. The molecule has 1 N–H and O–H groups in total. The van der Waals surface area contributed by atoms with Gasteiger partial charge in [-0.2, -0.15) is 5.26 Å². The molecular formula is C17H18N4OS2. The van der Waals surface area contributed by atoms with Gasteiger partial charge in [-0.1, -0.05) is 12.2 Å². The predicted molar refractivity (Wildman–Crippen MR) is 99.7 cm³/mol. The van der Waals surface area contributed by atoms with E-state index in [1.54, 1.807) is 24.5 Å². The highest BCUT2D eigenvalue weighted by Crippen LogP contribution is 2.28. The molecular weight excluding hydrogens is 340 g/mol. The summed E-state index contributed by atoms with van der Waals surface area (Å²) in [7, 11) is 0. The van der Waals surface area contributed by atoms with Gasteiger partial charge in [-0.25, -0.2) is 0 Å². The van der Waals surface area contributed by atoms with E-state index in [1.807, 2.05) is 18.2 Å². The molecule has 3 rings (SSSR count). The highest BCUT2D eigenvalue weighted by atomic mass is 32.1. The van der Waals surface area contributed by atoms with Gasteiger partial charge < -0.3 is 14.8 Å². The molecule has 0 atom stereocenters. The van der Waals surface area contributed by atoms with Gasteiger partial charge in [0.1, 0.15) is 16.3 Å². The number of hydrogen-bond donors (Lipinski definition) is 1. The lowest BCUT2D eigenvalue weighted by molar-refractivity contribution is 0.102. The maximum atomic E-state index is 11.5. The fourth-order valence-electron chi connectivity index (χ4n) is 2.91. The van der Waals surface area contributed by atoms with E-state index >= 15 is 0 Å². The first kappa shape index (κ1) is 16.7. The average Bonchev–Trinajstić information content (AvgIpc) is 2.94. The summed E-state index contributed by atoms with van der Waals surface area (Å²) in [6, 6.07) is 8.06. The topological polar surface area (TPSA) is 63.1 Å². The lowest BCUT2D eigenvalue weighted by Gasteiger charge is -2.24. The van der Waals surface area contributed by atoms with Crippen molar-refractivity contribution in [3.05, 3.63) is 39.5 Å². The number of hydrogen-bond acceptors (Lipinski definition) is 6. The van der Waals surface area contributed by atoms with Crippen molar-refractivity contribution in [2.75, 3.05) is 36.0 Å². The molecule has 2 aromatic heterocycles. The second-order valence-corrected chi connectivity index (χ2v) is 7.17. The van der Waals surface area contributed by atoms with Crippen molar-refractivity contribution in [2.45, 2.75) is 13.3 Å². The van der Waals surface area contributed by atoms with Crippen molar-refractivity contribution < 1.29 is 4.79 Å². The number of carbonyl (C=O) groups excluding carboxylic acids is 1. The number of rotatable bonds is 3. The fourth-order valence-corrected chi connectivity index (χ4v) is 4.08. The molecule has 7 heteroatoms. The van der Waals surface area contributed by atoms with Crippen LogP contribution < -0.4 is 9.80 Å². The Kier molecular flexibility index (Phi) is 4.97. The Hall–Kier alpha value is -2.17. The lowest BCUT2D eigenvalue weighted by atomic mass is 10.2. The minimum Gasteiger partial charge on any atom is -0.368 e. The average molecular weight is 358 g/mol. The Bertz CT molecular complexity index is 849. The van der Waals surface area contributed by atoms with Crippen LogP contribution in [0.1, 0.15) is 28.6 Å². The van der Waals surface area contributed by atoms with Crippen molar-refractivity contribution in [1.29, 1.82) is 5.26 Å². The zero-order valence-corrected chi connectivity index (χ0v) is 15.0. The first-order chi connectivity index (χ1) is 11.6. The lowest BCUT2D eigenvalue weighted by Crippen LogP contribution is -2.30. The number of ketones is 1.